The first-order valence-electron chi connectivity index (χ1n) is 7.16. The van der Waals surface area contributed by atoms with Crippen molar-refractivity contribution in [3.8, 4) is 0 Å². The van der Waals surface area contributed by atoms with Crippen molar-refractivity contribution in [1.29, 1.82) is 0 Å². The van der Waals surface area contributed by atoms with Gasteiger partial charge in [0, 0.05) is 30.2 Å². The average molecular weight is 312 g/mol. The number of aromatic nitrogens is 2. The molecule has 118 valence electrons. The van der Waals surface area contributed by atoms with Crippen molar-refractivity contribution < 1.29 is 8.42 Å². The Morgan fingerprint density at radius 3 is 2.71 bits per heavy atom. The van der Waals surface area contributed by atoms with Crippen LogP contribution in [0.5, 0.6) is 0 Å². The molecule has 0 bridgehead atoms. The van der Waals surface area contributed by atoms with E-state index in [1.54, 1.807) is 12.3 Å². The van der Waals surface area contributed by atoms with Crippen molar-refractivity contribution in [1.82, 2.24) is 19.8 Å². The lowest BCUT2D eigenvalue weighted by atomic mass is 10.1. The molecule has 0 aromatic carbocycles. The van der Waals surface area contributed by atoms with Gasteiger partial charge in [-0.25, -0.2) is 8.42 Å². The Balaban J connectivity index is 2.28. The summed E-state index contributed by atoms with van der Waals surface area (Å²) in [4.78, 5) is 0. The normalized spacial score (nSPS) is 16.4. The monoisotopic (exact) mass is 312 g/mol. The molecule has 0 saturated heterocycles. The van der Waals surface area contributed by atoms with Gasteiger partial charge in [-0.2, -0.15) is 9.40 Å². The zero-order chi connectivity index (χ0) is 15.7. The van der Waals surface area contributed by atoms with E-state index in [0.29, 0.717) is 18.2 Å². The molecule has 0 aliphatic heterocycles. The smallest absolute Gasteiger partial charge is 0.261 e. The Morgan fingerprint density at radius 2 is 2.19 bits per heavy atom. The highest BCUT2D eigenvalue weighted by atomic mass is 32.2. The standard InChI is InChI=1S/C14H24N4O2S/c1-5-8-18(14(2,3)4)21(19,20)13-11(10-16-17-13)9-15-12-6-7-12/h5,10,12,15H,1,6-9H2,2-4H3,(H,16,17). The fourth-order valence-corrected chi connectivity index (χ4v) is 4.02. The molecular weight excluding hydrogens is 288 g/mol. The maximum atomic E-state index is 12.9. The van der Waals surface area contributed by atoms with Gasteiger partial charge in [-0.05, 0) is 33.6 Å². The molecule has 1 heterocycles. The molecule has 6 nitrogen and oxygen atoms in total. The number of aromatic amines is 1. The van der Waals surface area contributed by atoms with Crippen LogP contribution >= 0.6 is 0 Å². The predicted octanol–water partition coefficient (Wildman–Crippen LogP) is 1.64. The molecule has 0 spiro atoms. The Hall–Kier alpha value is -1.18. The van der Waals surface area contributed by atoms with Crippen LogP contribution in [-0.4, -0.2) is 41.0 Å². The van der Waals surface area contributed by atoms with Crippen LogP contribution in [-0.2, 0) is 16.6 Å². The van der Waals surface area contributed by atoms with Crippen LogP contribution in [0.3, 0.4) is 0 Å². The molecule has 1 aliphatic carbocycles. The van der Waals surface area contributed by atoms with Gasteiger partial charge in [-0.1, -0.05) is 6.08 Å². The highest BCUT2D eigenvalue weighted by Crippen LogP contribution is 2.26. The molecule has 0 amide bonds. The molecule has 7 heteroatoms. The van der Waals surface area contributed by atoms with E-state index in [1.165, 1.54) is 4.31 Å². The first kappa shape index (κ1) is 16.2. The van der Waals surface area contributed by atoms with Crippen molar-refractivity contribution in [2.24, 2.45) is 0 Å². The number of rotatable bonds is 7. The number of hydrogen-bond donors (Lipinski definition) is 2. The van der Waals surface area contributed by atoms with Gasteiger partial charge in [0.25, 0.3) is 10.0 Å². The third-order valence-electron chi connectivity index (χ3n) is 3.43. The second-order valence-corrected chi connectivity index (χ2v) is 8.17. The van der Waals surface area contributed by atoms with E-state index in [2.05, 4.69) is 22.1 Å². The molecule has 1 aromatic heterocycles. The fraction of sp³-hybridized carbons (Fsp3) is 0.643. The van der Waals surface area contributed by atoms with Gasteiger partial charge >= 0.3 is 0 Å². The molecule has 1 aliphatic rings. The summed E-state index contributed by atoms with van der Waals surface area (Å²) < 4.78 is 27.2. The molecule has 2 rings (SSSR count). The lowest BCUT2D eigenvalue weighted by molar-refractivity contribution is 0.269. The Bertz CT molecular complexity index is 597. The molecule has 1 aromatic rings. The van der Waals surface area contributed by atoms with Crippen LogP contribution < -0.4 is 5.32 Å². The van der Waals surface area contributed by atoms with Crippen LogP contribution in [0.2, 0.25) is 0 Å². The third kappa shape index (κ3) is 3.72. The summed E-state index contributed by atoms with van der Waals surface area (Å²) in [6.07, 6.45) is 5.49. The summed E-state index contributed by atoms with van der Waals surface area (Å²) >= 11 is 0. The summed E-state index contributed by atoms with van der Waals surface area (Å²) in [7, 11) is -3.63. The highest BCUT2D eigenvalue weighted by molar-refractivity contribution is 7.89. The largest absolute Gasteiger partial charge is 0.310 e. The molecule has 1 saturated carbocycles. The SMILES string of the molecule is C=CCN(C(C)(C)C)S(=O)(=O)c1[nH]ncc1CNC1CC1. The second-order valence-electron chi connectivity index (χ2n) is 6.38. The van der Waals surface area contributed by atoms with Crippen LogP contribution in [0.4, 0.5) is 0 Å². The lowest BCUT2D eigenvalue weighted by Gasteiger charge is -2.33. The maximum absolute atomic E-state index is 12.9. The fourth-order valence-electron chi connectivity index (χ4n) is 2.15. The predicted molar refractivity (Wildman–Crippen MR) is 82.3 cm³/mol. The van der Waals surface area contributed by atoms with E-state index in [-0.39, 0.29) is 11.6 Å². The zero-order valence-corrected chi connectivity index (χ0v) is 13.7. The van der Waals surface area contributed by atoms with Gasteiger partial charge in [0.1, 0.15) is 0 Å². The van der Waals surface area contributed by atoms with Crippen molar-refractivity contribution in [2.45, 2.75) is 56.8 Å². The van der Waals surface area contributed by atoms with E-state index in [4.69, 9.17) is 0 Å². The molecule has 1 fully saturated rings. The first-order valence-corrected chi connectivity index (χ1v) is 8.60. The van der Waals surface area contributed by atoms with Gasteiger partial charge in [-0.3, -0.25) is 5.10 Å². The molecule has 2 N–H and O–H groups in total. The number of sulfonamides is 1. The number of H-pyrrole nitrogens is 1. The van der Waals surface area contributed by atoms with Gasteiger partial charge in [0.2, 0.25) is 0 Å². The van der Waals surface area contributed by atoms with Crippen LogP contribution in [0, 0.1) is 0 Å². The Morgan fingerprint density at radius 1 is 1.52 bits per heavy atom. The minimum Gasteiger partial charge on any atom is -0.310 e. The summed E-state index contributed by atoms with van der Waals surface area (Å²) in [5, 5.41) is 10.1. The number of hydrogen-bond acceptors (Lipinski definition) is 4. The van der Waals surface area contributed by atoms with Crippen LogP contribution in [0.15, 0.2) is 23.9 Å². The topological polar surface area (TPSA) is 78.1 Å². The maximum Gasteiger partial charge on any atom is 0.261 e. The van der Waals surface area contributed by atoms with Gasteiger partial charge in [0.05, 0.1) is 6.20 Å². The Labute approximate surface area is 126 Å². The van der Waals surface area contributed by atoms with Crippen molar-refractivity contribution >= 4 is 10.0 Å². The van der Waals surface area contributed by atoms with E-state index in [9.17, 15) is 8.42 Å². The molecule has 0 atom stereocenters. The van der Waals surface area contributed by atoms with Crippen molar-refractivity contribution in [3.05, 3.63) is 24.4 Å². The molecule has 21 heavy (non-hydrogen) atoms. The average Bonchev–Trinajstić information content (AvgIpc) is 3.08. The van der Waals surface area contributed by atoms with Crippen LogP contribution in [0.1, 0.15) is 39.2 Å². The van der Waals surface area contributed by atoms with Crippen LogP contribution in [0.25, 0.3) is 0 Å². The number of nitrogens with one attached hydrogen (secondary N) is 2. The lowest BCUT2D eigenvalue weighted by Crippen LogP contribution is -2.46. The summed E-state index contributed by atoms with van der Waals surface area (Å²) in [6.45, 7) is 10.0. The van der Waals surface area contributed by atoms with Gasteiger partial charge < -0.3 is 5.32 Å². The van der Waals surface area contributed by atoms with Gasteiger partial charge in [0.15, 0.2) is 5.03 Å². The molecule has 0 unspecified atom stereocenters. The molecule has 0 radical (unpaired) electrons. The van der Waals surface area contributed by atoms with E-state index in [0.717, 1.165) is 12.8 Å². The summed E-state index contributed by atoms with van der Waals surface area (Å²) in [5.41, 5.74) is 0.152. The van der Waals surface area contributed by atoms with E-state index in [1.807, 2.05) is 20.8 Å². The quantitative estimate of drug-likeness (QED) is 0.750. The van der Waals surface area contributed by atoms with Gasteiger partial charge in [-0.15, -0.1) is 6.58 Å². The Kier molecular flexibility index (Phi) is 4.55. The third-order valence-corrected chi connectivity index (χ3v) is 5.57. The zero-order valence-electron chi connectivity index (χ0n) is 12.9. The van der Waals surface area contributed by atoms with Crippen molar-refractivity contribution in [2.75, 3.05) is 6.54 Å². The summed E-state index contributed by atoms with van der Waals surface area (Å²) in [5.74, 6) is 0. The van der Waals surface area contributed by atoms with E-state index < -0.39 is 15.6 Å². The van der Waals surface area contributed by atoms with Crippen molar-refractivity contribution in [3.63, 3.8) is 0 Å². The minimum absolute atomic E-state index is 0.174. The number of nitrogens with zero attached hydrogens (tertiary/aromatic N) is 2. The molecular formula is C14H24N4O2S. The summed E-state index contributed by atoms with van der Waals surface area (Å²) in [6, 6.07) is 0.516. The highest BCUT2D eigenvalue weighted by Gasteiger charge is 2.35. The van der Waals surface area contributed by atoms with E-state index >= 15 is 0 Å². The minimum atomic E-state index is -3.63. The second kappa shape index (κ2) is 5.90. The first-order chi connectivity index (χ1) is 9.76.